The summed E-state index contributed by atoms with van der Waals surface area (Å²) in [5, 5.41) is 8.85. The van der Waals surface area contributed by atoms with E-state index in [1.165, 1.54) is 19.2 Å². The van der Waals surface area contributed by atoms with Crippen LogP contribution < -0.4 is 10.5 Å². The summed E-state index contributed by atoms with van der Waals surface area (Å²) in [6, 6.07) is 2.91. The van der Waals surface area contributed by atoms with Crippen LogP contribution in [0.1, 0.15) is 22.8 Å². The minimum atomic E-state index is -1.00. The zero-order valence-electron chi connectivity index (χ0n) is 8.65. The lowest BCUT2D eigenvalue weighted by atomic mass is 10.1. The van der Waals surface area contributed by atoms with Gasteiger partial charge in [0, 0.05) is 5.56 Å². The van der Waals surface area contributed by atoms with Crippen LogP contribution in [0.5, 0.6) is 5.75 Å². The number of benzene rings is 1. The number of carboxylic acid groups (broad SMARTS) is 1. The third kappa shape index (κ3) is 2.28. The van der Waals surface area contributed by atoms with E-state index in [0.717, 1.165) is 0 Å². The van der Waals surface area contributed by atoms with Crippen molar-refractivity contribution in [3.63, 3.8) is 0 Å². The summed E-state index contributed by atoms with van der Waals surface area (Å²) in [6.45, 7) is 1.84. The fraction of sp³-hybridized carbons (Fsp3) is 0.182. The smallest absolute Gasteiger partial charge is 0.335 e. The first-order chi connectivity index (χ1) is 7.10. The summed E-state index contributed by atoms with van der Waals surface area (Å²) in [5.41, 5.74) is 6.82. The summed E-state index contributed by atoms with van der Waals surface area (Å²) in [4.78, 5) is 10.8. The highest BCUT2D eigenvalue weighted by Gasteiger charge is 2.11. The molecule has 0 radical (unpaired) electrons. The number of hydrogen-bond acceptors (Lipinski definition) is 3. The predicted molar refractivity (Wildman–Crippen MR) is 59.1 cm³/mol. The van der Waals surface area contributed by atoms with Crippen molar-refractivity contribution in [3.05, 3.63) is 29.3 Å². The van der Waals surface area contributed by atoms with E-state index in [2.05, 4.69) is 0 Å². The van der Waals surface area contributed by atoms with Crippen LogP contribution in [-0.4, -0.2) is 18.2 Å². The van der Waals surface area contributed by atoms with Crippen LogP contribution >= 0.6 is 0 Å². The number of aromatic carboxylic acids is 1. The molecule has 0 fully saturated rings. The minimum Gasteiger partial charge on any atom is -0.494 e. The fourth-order valence-corrected chi connectivity index (χ4v) is 1.34. The van der Waals surface area contributed by atoms with E-state index in [4.69, 9.17) is 15.6 Å². The Balaban J connectivity index is 3.38. The summed E-state index contributed by atoms with van der Waals surface area (Å²) >= 11 is 0. The Labute approximate surface area is 88.0 Å². The molecule has 4 nitrogen and oxygen atoms in total. The molecular weight excluding hydrogens is 194 g/mol. The molecule has 0 amide bonds. The first-order valence-corrected chi connectivity index (χ1v) is 4.43. The number of carbonyl (C=O) groups is 1. The average Bonchev–Trinajstić information content (AvgIpc) is 2.17. The van der Waals surface area contributed by atoms with Crippen LogP contribution in [0.3, 0.4) is 0 Å². The lowest BCUT2D eigenvalue weighted by Gasteiger charge is -2.09. The fourth-order valence-electron chi connectivity index (χ4n) is 1.34. The minimum absolute atomic E-state index is 0.154. The molecule has 15 heavy (non-hydrogen) atoms. The lowest BCUT2D eigenvalue weighted by Crippen LogP contribution is -2.01. The average molecular weight is 207 g/mol. The Hall–Kier alpha value is -1.97. The van der Waals surface area contributed by atoms with Gasteiger partial charge < -0.3 is 15.6 Å². The van der Waals surface area contributed by atoms with Gasteiger partial charge in [-0.15, -0.1) is 0 Å². The van der Waals surface area contributed by atoms with Gasteiger partial charge in [0.2, 0.25) is 0 Å². The molecule has 1 rings (SSSR count). The lowest BCUT2D eigenvalue weighted by molar-refractivity contribution is 0.0697. The Morgan fingerprint density at radius 1 is 1.53 bits per heavy atom. The third-order valence-electron chi connectivity index (χ3n) is 1.94. The van der Waals surface area contributed by atoms with Crippen LogP contribution in [0.2, 0.25) is 0 Å². The number of anilines is 1. The van der Waals surface area contributed by atoms with Gasteiger partial charge in [-0.25, -0.2) is 4.79 Å². The summed E-state index contributed by atoms with van der Waals surface area (Å²) < 4.78 is 5.09. The van der Waals surface area contributed by atoms with E-state index >= 15 is 0 Å². The van der Waals surface area contributed by atoms with Crippen molar-refractivity contribution in [2.75, 3.05) is 12.8 Å². The normalized spacial score (nSPS) is 10.5. The van der Waals surface area contributed by atoms with E-state index in [9.17, 15) is 4.79 Å². The Kier molecular flexibility index (Phi) is 3.33. The monoisotopic (exact) mass is 207 g/mol. The molecule has 3 N–H and O–H groups in total. The quantitative estimate of drug-likeness (QED) is 0.743. The van der Waals surface area contributed by atoms with Crippen molar-refractivity contribution in [1.29, 1.82) is 0 Å². The van der Waals surface area contributed by atoms with Crippen molar-refractivity contribution in [2.45, 2.75) is 6.92 Å². The third-order valence-corrected chi connectivity index (χ3v) is 1.94. The number of hydrogen-bond donors (Lipinski definition) is 2. The zero-order chi connectivity index (χ0) is 11.4. The number of allylic oxidation sites excluding steroid dienone is 1. The molecule has 1 aromatic rings. The molecule has 0 saturated heterocycles. The zero-order valence-corrected chi connectivity index (χ0v) is 8.65. The molecule has 0 bridgehead atoms. The second-order valence-electron chi connectivity index (χ2n) is 2.99. The first-order valence-electron chi connectivity index (χ1n) is 4.43. The maximum atomic E-state index is 10.8. The molecule has 0 aliphatic heterocycles. The van der Waals surface area contributed by atoms with Gasteiger partial charge in [0.15, 0.2) is 0 Å². The number of ether oxygens (including phenoxy) is 1. The van der Waals surface area contributed by atoms with Crippen LogP contribution in [0.25, 0.3) is 6.08 Å². The number of nitrogens with two attached hydrogens (primary N) is 1. The maximum Gasteiger partial charge on any atom is 0.335 e. The largest absolute Gasteiger partial charge is 0.494 e. The van der Waals surface area contributed by atoms with Crippen molar-refractivity contribution < 1.29 is 14.6 Å². The Bertz CT molecular complexity index is 411. The molecule has 1 aromatic carbocycles. The van der Waals surface area contributed by atoms with E-state index in [-0.39, 0.29) is 5.56 Å². The van der Waals surface area contributed by atoms with Gasteiger partial charge in [-0.1, -0.05) is 12.2 Å². The predicted octanol–water partition coefficient (Wildman–Crippen LogP) is 2.01. The maximum absolute atomic E-state index is 10.8. The molecule has 0 unspecified atom stereocenters. The van der Waals surface area contributed by atoms with Crippen molar-refractivity contribution in [3.8, 4) is 5.75 Å². The molecule has 0 aliphatic rings. The van der Waals surface area contributed by atoms with Gasteiger partial charge in [-0.2, -0.15) is 0 Å². The second-order valence-corrected chi connectivity index (χ2v) is 2.99. The SMILES string of the molecule is C/C=C/c1cc(C(=O)O)cc(N)c1OC. The molecule has 4 heteroatoms. The summed E-state index contributed by atoms with van der Waals surface area (Å²) in [5.74, 6) is -0.506. The van der Waals surface area contributed by atoms with Crippen molar-refractivity contribution in [1.82, 2.24) is 0 Å². The van der Waals surface area contributed by atoms with Crippen LogP contribution in [0.4, 0.5) is 5.69 Å². The molecule has 0 aromatic heterocycles. The molecule has 80 valence electrons. The molecule has 0 spiro atoms. The number of carboxylic acids is 1. The van der Waals surface area contributed by atoms with E-state index in [1.54, 1.807) is 12.2 Å². The highest BCUT2D eigenvalue weighted by Crippen LogP contribution is 2.29. The topological polar surface area (TPSA) is 72.5 Å². The standard InChI is InChI=1S/C11H13NO3/c1-3-4-7-5-8(11(13)14)6-9(12)10(7)15-2/h3-6H,12H2,1-2H3,(H,13,14)/b4-3+. The van der Waals surface area contributed by atoms with Crippen molar-refractivity contribution in [2.24, 2.45) is 0 Å². The highest BCUT2D eigenvalue weighted by molar-refractivity contribution is 5.91. The molecule has 0 saturated carbocycles. The van der Waals surface area contributed by atoms with Crippen LogP contribution in [0, 0.1) is 0 Å². The van der Waals surface area contributed by atoms with Crippen LogP contribution in [-0.2, 0) is 0 Å². The van der Waals surface area contributed by atoms with Gasteiger partial charge in [0.05, 0.1) is 18.4 Å². The van der Waals surface area contributed by atoms with Gasteiger partial charge >= 0.3 is 5.97 Å². The molecular formula is C11H13NO3. The number of nitrogen functional groups attached to an aromatic ring is 1. The number of rotatable bonds is 3. The summed E-state index contributed by atoms with van der Waals surface area (Å²) in [6.07, 6.45) is 3.55. The van der Waals surface area contributed by atoms with E-state index in [0.29, 0.717) is 17.0 Å². The summed E-state index contributed by atoms with van der Waals surface area (Å²) in [7, 11) is 1.50. The van der Waals surface area contributed by atoms with Gasteiger partial charge in [0.25, 0.3) is 0 Å². The van der Waals surface area contributed by atoms with Crippen LogP contribution in [0.15, 0.2) is 18.2 Å². The molecule has 0 heterocycles. The van der Waals surface area contributed by atoms with Gasteiger partial charge in [-0.3, -0.25) is 0 Å². The molecule has 0 aliphatic carbocycles. The van der Waals surface area contributed by atoms with Gasteiger partial charge in [-0.05, 0) is 19.1 Å². The Morgan fingerprint density at radius 2 is 2.20 bits per heavy atom. The van der Waals surface area contributed by atoms with Crippen molar-refractivity contribution >= 4 is 17.7 Å². The Morgan fingerprint density at radius 3 is 2.67 bits per heavy atom. The van der Waals surface area contributed by atoms with E-state index in [1.807, 2.05) is 6.92 Å². The van der Waals surface area contributed by atoms with Gasteiger partial charge in [0.1, 0.15) is 5.75 Å². The first kappa shape index (κ1) is 11.1. The molecule has 0 atom stereocenters. The number of methoxy groups -OCH3 is 1. The highest BCUT2D eigenvalue weighted by atomic mass is 16.5. The van der Waals surface area contributed by atoms with E-state index < -0.39 is 5.97 Å². The second kappa shape index (κ2) is 4.50.